The number of carbonyl (C=O) groups excluding carboxylic acids is 1. The van der Waals surface area contributed by atoms with Crippen LogP contribution in [-0.2, 0) is 4.79 Å². The molecular weight excluding hydrogens is 214 g/mol. The molecule has 0 aromatic rings. The summed E-state index contributed by atoms with van der Waals surface area (Å²) in [5.41, 5.74) is -0.103. The molecule has 0 saturated carbocycles. The fourth-order valence-electron chi connectivity index (χ4n) is 2.98. The molecule has 17 heavy (non-hydrogen) atoms. The molecule has 2 fully saturated rings. The summed E-state index contributed by atoms with van der Waals surface area (Å²) in [5.74, 6) is 0.390. The molecule has 0 bridgehead atoms. The van der Waals surface area contributed by atoms with E-state index in [9.17, 15) is 4.79 Å². The van der Waals surface area contributed by atoms with Crippen molar-refractivity contribution in [3.05, 3.63) is 0 Å². The Balaban J connectivity index is 1.96. The van der Waals surface area contributed by atoms with Gasteiger partial charge in [0.1, 0.15) is 0 Å². The van der Waals surface area contributed by atoms with E-state index in [2.05, 4.69) is 29.0 Å². The number of likely N-dealkylation sites (N-methyl/N-ethyl adjacent to an activating group) is 1. The van der Waals surface area contributed by atoms with Gasteiger partial charge in [-0.25, -0.2) is 0 Å². The third kappa shape index (κ3) is 2.47. The van der Waals surface area contributed by atoms with Crippen molar-refractivity contribution >= 4 is 5.91 Å². The van der Waals surface area contributed by atoms with Crippen LogP contribution >= 0.6 is 0 Å². The molecule has 98 valence electrons. The van der Waals surface area contributed by atoms with Gasteiger partial charge >= 0.3 is 0 Å². The van der Waals surface area contributed by atoms with Crippen molar-refractivity contribution in [3.8, 4) is 0 Å². The fraction of sp³-hybridized carbons (Fsp3) is 0.923. The Morgan fingerprint density at radius 3 is 2.41 bits per heavy atom. The molecule has 0 aromatic carbocycles. The molecule has 2 saturated heterocycles. The number of piperazine rings is 1. The average molecular weight is 239 g/mol. The van der Waals surface area contributed by atoms with Crippen LogP contribution in [0, 0.1) is 5.41 Å². The highest BCUT2D eigenvalue weighted by Gasteiger charge is 2.42. The summed E-state index contributed by atoms with van der Waals surface area (Å²) in [4.78, 5) is 17.1. The molecule has 2 rings (SSSR count). The van der Waals surface area contributed by atoms with E-state index < -0.39 is 0 Å². The van der Waals surface area contributed by atoms with E-state index >= 15 is 0 Å². The second-order valence-electron chi connectivity index (χ2n) is 5.29. The zero-order valence-corrected chi connectivity index (χ0v) is 11.2. The standard InChI is InChI=1S/C13H25N3O/c1-3-13(5-6-14-11-13)12(17)16-9-7-15(4-2)8-10-16/h14H,3-11H2,1-2H3. The molecule has 4 heteroatoms. The van der Waals surface area contributed by atoms with Crippen LogP contribution in [0.4, 0.5) is 0 Å². The van der Waals surface area contributed by atoms with Crippen molar-refractivity contribution < 1.29 is 4.79 Å². The van der Waals surface area contributed by atoms with E-state index in [0.717, 1.165) is 58.7 Å². The summed E-state index contributed by atoms with van der Waals surface area (Å²) in [7, 11) is 0. The van der Waals surface area contributed by atoms with Crippen molar-refractivity contribution in [3.63, 3.8) is 0 Å². The van der Waals surface area contributed by atoms with E-state index in [1.165, 1.54) is 0 Å². The van der Waals surface area contributed by atoms with E-state index in [0.29, 0.717) is 5.91 Å². The third-order valence-corrected chi connectivity index (χ3v) is 4.48. The SMILES string of the molecule is CCN1CCN(C(=O)C2(CC)CCNC2)CC1. The summed E-state index contributed by atoms with van der Waals surface area (Å²) in [6.45, 7) is 11.2. The summed E-state index contributed by atoms with van der Waals surface area (Å²) >= 11 is 0. The Bertz CT molecular complexity index is 266. The summed E-state index contributed by atoms with van der Waals surface area (Å²) in [6.07, 6.45) is 1.98. The molecule has 2 aliphatic heterocycles. The van der Waals surface area contributed by atoms with Crippen molar-refractivity contribution in [2.24, 2.45) is 5.41 Å². The van der Waals surface area contributed by atoms with Gasteiger partial charge in [0.15, 0.2) is 0 Å². The van der Waals surface area contributed by atoms with E-state index in [1.54, 1.807) is 0 Å². The van der Waals surface area contributed by atoms with Gasteiger partial charge in [0.25, 0.3) is 0 Å². The Morgan fingerprint density at radius 1 is 1.24 bits per heavy atom. The molecule has 1 N–H and O–H groups in total. The highest BCUT2D eigenvalue weighted by molar-refractivity contribution is 5.83. The highest BCUT2D eigenvalue weighted by Crippen LogP contribution is 2.32. The minimum atomic E-state index is -0.103. The topological polar surface area (TPSA) is 35.6 Å². The van der Waals surface area contributed by atoms with Crippen LogP contribution in [-0.4, -0.2) is 61.5 Å². The van der Waals surface area contributed by atoms with Crippen LogP contribution in [0.2, 0.25) is 0 Å². The Hall–Kier alpha value is -0.610. The van der Waals surface area contributed by atoms with Gasteiger partial charge in [-0.1, -0.05) is 13.8 Å². The molecular formula is C13H25N3O. The first-order valence-electron chi connectivity index (χ1n) is 6.94. The van der Waals surface area contributed by atoms with E-state index in [1.807, 2.05) is 0 Å². The first kappa shape index (κ1) is 12.8. The van der Waals surface area contributed by atoms with Gasteiger partial charge in [-0.2, -0.15) is 0 Å². The van der Waals surface area contributed by atoms with Crippen LogP contribution in [0.3, 0.4) is 0 Å². The Labute approximate surface area is 104 Å². The Kier molecular flexibility index (Phi) is 4.05. The molecule has 4 nitrogen and oxygen atoms in total. The van der Waals surface area contributed by atoms with Crippen LogP contribution in [0.1, 0.15) is 26.7 Å². The van der Waals surface area contributed by atoms with Crippen molar-refractivity contribution in [1.82, 2.24) is 15.1 Å². The quantitative estimate of drug-likeness (QED) is 0.781. The number of hydrogen-bond donors (Lipinski definition) is 1. The molecule has 1 amide bonds. The third-order valence-electron chi connectivity index (χ3n) is 4.48. The molecule has 2 heterocycles. The second-order valence-corrected chi connectivity index (χ2v) is 5.29. The van der Waals surface area contributed by atoms with Crippen LogP contribution < -0.4 is 5.32 Å². The maximum absolute atomic E-state index is 12.6. The second kappa shape index (κ2) is 5.36. The maximum Gasteiger partial charge on any atom is 0.230 e. The molecule has 0 aromatic heterocycles. The molecule has 0 radical (unpaired) electrons. The van der Waals surface area contributed by atoms with Crippen LogP contribution in [0.5, 0.6) is 0 Å². The first-order valence-corrected chi connectivity index (χ1v) is 6.94. The summed E-state index contributed by atoms with van der Waals surface area (Å²) in [5, 5.41) is 3.35. The zero-order chi connectivity index (χ0) is 12.3. The number of nitrogens with one attached hydrogen (secondary N) is 1. The van der Waals surface area contributed by atoms with Crippen LogP contribution in [0.25, 0.3) is 0 Å². The van der Waals surface area contributed by atoms with Gasteiger partial charge < -0.3 is 15.1 Å². The lowest BCUT2D eigenvalue weighted by Crippen LogP contribution is -2.53. The molecule has 2 aliphatic rings. The maximum atomic E-state index is 12.6. The monoisotopic (exact) mass is 239 g/mol. The minimum Gasteiger partial charge on any atom is -0.340 e. The number of hydrogen-bond acceptors (Lipinski definition) is 3. The fourth-order valence-corrected chi connectivity index (χ4v) is 2.98. The van der Waals surface area contributed by atoms with Crippen molar-refractivity contribution in [1.29, 1.82) is 0 Å². The lowest BCUT2D eigenvalue weighted by Gasteiger charge is -2.39. The normalized spacial score (nSPS) is 30.8. The smallest absolute Gasteiger partial charge is 0.230 e. The largest absolute Gasteiger partial charge is 0.340 e. The van der Waals surface area contributed by atoms with E-state index in [4.69, 9.17) is 0 Å². The Morgan fingerprint density at radius 2 is 1.94 bits per heavy atom. The molecule has 0 aliphatic carbocycles. The van der Waals surface area contributed by atoms with Crippen LogP contribution in [0.15, 0.2) is 0 Å². The van der Waals surface area contributed by atoms with E-state index in [-0.39, 0.29) is 5.41 Å². The number of carbonyl (C=O) groups is 1. The van der Waals surface area contributed by atoms with Gasteiger partial charge in [0, 0.05) is 32.7 Å². The van der Waals surface area contributed by atoms with Gasteiger partial charge in [-0.3, -0.25) is 4.79 Å². The van der Waals surface area contributed by atoms with Gasteiger partial charge in [0.05, 0.1) is 5.41 Å². The average Bonchev–Trinajstić information content (AvgIpc) is 2.88. The van der Waals surface area contributed by atoms with Gasteiger partial charge in [-0.05, 0) is 25.9 Å². The predicted octanol–water partition coefficient (Wildman–Crippen LogP) is 0.540. The van der Waals surface area contributed by atoms with Crippen molar-refractivity contribution in [2.45, 2.75) is 26.7 Å². The highest BCUT2D eigenvalue weighted by atomic mass is 16.2. The zero-order valence-electron chi connectivity index (χ0n) is 11.2. The lowest BCUT2D eigenvalue weighted by atomic mass is 9.82. The number of rotatable bonds is 3. The van der Waals surface area contributed by atoms with Crippen molar-refractivity contribution in [2.75, 3.05) is 45.8 Å². The summed E-state index contributed by atoms with van der Waals surface area (Å²) in [6, 6.07) is 0. The summed E-state index contributed by atoms with van der Waals surface area (Å²) < 4.78 is 0. The molecule has 1 unspecified atom stereocenters. The number of amides is 1. The minimum absolute atomic E-state index is 0.103. The first-order chi connectivity index (χ1) is 8.22. The van der Waals surface area contributed by atoms with Gasteiger partial charge in [0.2, 0.25) is 5.91 Å². The number of nitrogens with zero attached hydrogens (tertiary/aromatic N) is 2. The van der Waals surface area contributed by atoms with Gasteiger partial charge in [-0.15, -0.1) is 0 Å². The predicted molar refractivity (Wildman–Crippen MR) is 68.9 cm³/mol. The lowest BCUT2D eigenvalue weighted by molar-refractivity contribution is -0.143. The molecule has 1 atom stereocenters. The molecule has 0 spiro atoms.